The molecule has 0 atom stereocenters. The number of allylic oxidation sites excluding steroid dienone is 10. The first kappa shape index (κ1) is 15.8. The van der Waals surface area contributed by atoms with Crippen LogP contribution in [0.5, 0.6) is 0 Å². The Hall–Kier alpha value is -1.63. The molecule has 0 spiro atoms. The summed E-state index contributed by atoms with van der Waals surface area (Å²) in [6.45, 7) is 9.12. The lowest BCUT2D eigenvalue weighted by Gasteiger charge is -2.33. The van der Waals surface area contributed by atoms with Gasteiger partial charge in [0.1, 0.15) is 6.29 Å². The van der Waals surface area contributed by atoms with E-state index in [9.17, 15) is 4.79 Å². The van der Waals surface area contributed by atoms with E-state index in [4.69, 9.17) is 0 Å². The van der Waals surface area contributed by atoms with Gasteiger partial charge in [-0.3, -0.25) is 4.79 Å². The van der Waals surface area contributed by atoms with Crippen LogP contribution in [0.1, 0.15) is 53.4 Å². The van der Waals surface area contributed by atoms with Gasteiger partial charge in [-0.05, 0) is 73.3 Å². The van der Waals surface area contributed by atoms with E-state index in [1.807, 2.05) is 6.08 Å². The summed E-state index contributed by atoms with van der Waals surface area (Å²) in [6.07, 6.45) is 15.9. The summed E-state index contributed by atoms with van der Waals surface area (Å²) in [5.74, 6) is 0. The molecule has 0 fully saturated rings. The van der Waals surface area contributed by atoms with E-state index in [1.54, 1.807) is 6.08 Å². The first-order valence-electron chi connectivity index (χ1n) is 7.84. The van der Waals surface area contributed by atoms with E-state index in [0.717, 1.165) is 18.3 Å². The van der Waals surface area contributed by atoms with Gasteiger partial charge in [0.05, 0.1) is 0 Å². The lowest BCUT2D eigenvalue weighted by molar-refractivity contribution is -0.104. The highest BCUT2D eigenvalue weighted by Gasteiger charge is 2.26. The molecule has 2 aliphatic rings. The average Bonchev–Trinajstić information content (AvgIpc) is 2.86. The first-order valence-corrected chi connectivity index (χ1v) is 7.84. The Balaban J connectivity index is 2.20. The molecular formula is C20H26O. The average molecular weight is 282 g/mol. The molecule has 112 valence electrons. The van der Waals surface area contributed by atoms with Crippen molar-refractivity contribution in [1.82, 2.24) is 0 Å². The normalized spacial score (nSPS) is 26.0. The quantitative estimate of drug-likeness (QED) is 0.495. The van der Waals surface area contributed by atoms with Crippen LogP contribution in [0.4, 0.5) is 0 Å². The molecule has 0 saturated carbocycles. The smallest absolute Gasteiger partial charge is 0.143 e. The zero-order valence-corrected chi connectivity index (χ0v) is 13.7. The van der Waals surface area contributed by atoms with Crippen molar-refractivity contribution in [3.63, 3.8) is 0 Å². The summed E-state index contributed by atoms with van der Waals surface area (Å²) in [4.78, 5) is 10.5. The third kappa shape index (κ3) is 3.72. The molecule has 2 aliphatic carbocycles. The number of rotatable bonds is 3. The summed E-state index contributed by atoms with van der Waals surface area (Å²) in [7, 11) is 0. The van der Waals surface area contributed by atoms with Crippen molar-refractivity contribution in [3.05, 3.63) is 58.2 Å². The maximum absolute atomic E-state index is 10.5. The second-order valence-corrected chi connectivity index (χ2v) is 6.86. The molecule has 21 heavy (non-hydrogen) atoms. The molecule has 0 bridgehead atoms. The topological polar surface area (TPSA) is 17.1 Å². The number of aldehydes is 1. The Morgan fingerprint density at radius 1 is 1.29 bits per heavy atom. The molecule has 0 aliphatic heterocycles. The van der Waals surface area contributed by atoms with Gasteiger partial charge in [-0.1, -0.05) is 43.7 Å². The minimum absolute atomic E-state index is 0.290. The molecule has 2 rings (SSSR count). The highest BCUT2D eigenvalue weighted by atomic mass is 16.1. The van der Waals surface area contributed by atoms with Crippen molar-refractivity contribution in [2.45, 2.75) is 53.4 Å². The predicted molar refractivity (Wildman–Crippen MR) is 90.1 cm³/mol. The van der Waals surface area contributed by atoms with E-state index < -0.39 is 0 Å². The van der Waals surface area contributed by atoms with Crippen molar-refractivity contribution in [2.75, 3.05) is 0 Å². The van der Waals surface area contributed by atoms with E-state index in [1.165, 1.54) is 41.6 Å². The van der Waals surface area contributed by atoms with Gasteiger partial charge in [-0.2, -0.15) is 0 Å². The van der Waals surface area contributed by atoms with Gasteiger partial charge in [0.2, 0.25) is 0 Å². The summed E-state index contributed by atoms with van der Waals surface area (Å²) in [5, 5.41) is 0. The van der Waals surface area contributed by atoms with Gasteiger partial charge < -0.3 is 0 Å². The zero-order chi connectivity index (χ0) is 15.5. The van der Waals surface area contributed by atoms with E-state index in [2.05, 4.69) is 45.9 Å². The molecule has 0 radical (unpaired) electrons. The Kier molecular flexibility index (Phi) is 4.82. The maximum Gasteiger partial charge on any atom is 0.143 e. The van der Waals surface area contributed by atoms with Gasteiger partial charge in [-0.15, -0.1) is 0 Å². The summed E-state index contributed by atoms with van der Waals surface area (Å²) in [6, 6.07) is 0. The molecule has 0 aromatic carbocycles. The van der Waals surface area contributed by atoms with E-state index in [0.29, 0.717) is 0 Å². The number of hydrogen-bond acceptors (Lipinski definition) is 1. The lowest BCUT2D eigenvalue weighted by atomic mass is 9.72. The summed E-state index contributed by atoms with van der Waals surface area (Å²) >= 11 is 0. The van der Waals surface area contributed by atoms with Gasteiger partial charge in [-0.25, -0.2) is 0 Å². The van der Waals surface area contributed by atoms with Crippen LogP contribution >= 0.6 is 0 Å². The largest absolute Gasteiger partial charge is 0.299 e. The van der Waals surface area contributed by atoms with E-state index in [-0.39, 0.29) is 5.41 Å². The van der Waals surface area contributed by atoms with Crippen molar-refractivity contribution in [3.8, 4) is 0 Å². The molecule has 1 heteroatoms. The van der Waals surface area contributed by atoms with Gasteiger partial charge in [0, 0.05) is 0 Å². The summed E-state index contributed by atoms with van der Waals surface area (Å²) in [5.41, 5.74) is 7.02. The van der Waals surface area contributed by atoms with Crippen LogP contribution < -0.4 is 0 Å². The second-order valence-electron chi connectivity index (χ2n) is 6.86. The van der Waals surface area contributed by atoms with Gasteiger partial charge in [0.15, 0.2) is 0 Å². The Bertz CT molecular complexity index is 577. The first-order chi connectivity index (χ1) is 9.94. The second kappa shape index (κ2) is 6.43. The maximum atomic E-state index is 10.5. The minimum atomic E-state index is 0.290. The van der Waals surface area contributed by atoms with Crippen LogP contribution in [-0.4, -0.2) is 6.29 Å². The molecule has 0 aromatic rings. The standard InChI is InChI=1S/C20H26O/c1-15(18-9-8-17(14-18)11-13-21)7-10-19-16(2)6-5-12-20(19,3)4/h7-11,13H,5-6,12,14H2,1-4H3. The van der Waals surface area contributed by atoms with Crippen molar-refractivity contribution in [1.29, 1.82) is 0 Å². The third-order valence-corrected chi connectivity index (χ3v) is 4.72. The fourth-order valence-corrected chi connectivity index (χ4v) is 3.34. The van der Waals surface area contributed by atoms with Crippen LogP contribution in [0.25, 0.3) is 0 Å². The van der Waals surface area contributed by atoms with Crippen molar-refractivity contribution in [2.24, 2.45) is 5.41 Å². The zero-order valence-electron chi connectivity index (χ0n) is 13.7. The Morgan fingerprint density at radius 2 is 2.05 bits per heavy atom. The van der Waals surface area contributed by atoms with Crippen LogP contribution in [-0.2, 0) is 4.79 Å². The fraction of sp³-hybridized carbons (Fsp3) is 0.450. The van der Waals surface area contributed by atoms with Crippen LogP contribution in [0.15, 0.2) is 58.2 Å². The highest BCUT2D eigenvalue weighted by molar-refractivity contribution is 5.68. The fourth-order valence-electron chi connectivity index (χ4n) is 3.34. The molecular weight excluding hydrogens is 256 g/mol. The van der Waals surface area contributed by atoms with Crippen molar-refractivity contribution >= 4 is 6.29 Å². The Morgan fingerprint density at radius 3 is 2.71 bits per heavy atom. The summed E-state index contributed by atoms with van der Waals surface area (Å²) < 4.78 is 0. The molecule has 0 amide bonds. The highest BCUT2D eigenvalue weighted by Crippen LogP contribution is 2.41. The molecule has 0 N–H and O–H groups in total. The Labute approximate surface area is 128 Å². The van der Waals surface area contributed by atoms with Crippen LogP contribution in [0, 0.1) is 5.41 Å². The molecule has 0 unspecified atom stereocenters. The van der Waals surface area contributed by atoms with Crippen molar-refractivity contribution < 1.29 is 4.79 Å². The lowest BCUT2D eigenvalue weighted by Crippen LogP contribution is -2.19. The minimum Gasteiger partial charge on any atom is -0.299 e. The predicted octanol–water partition coefficient (Wildman–Crippen LogP) is 5.47. The monoisotopic (exact) mass is 282 g/mol. The third-order valence-electron chi connectivity index (χ3n) is 4.72. The molecule has 0 aromatic heterocycles. The number of hydrogen-bond donors (Lipinski definition) is 0. The number of carbonyl (C=O) groups is 1. The molecule has 1 nitrogen and oxygen atoms in total. The van der Waals surface area contributed by atoms with Crippen LogP contribution in [0.2, 0.25) is 0 Å². The van der Waals surface area contributed by atoms with Crippen LogP contribution in [0.3, 0.4) is 0 Å². The molecule has 0 heterocycles. The van der Waals surface area contributed by atoms with Gasteiger partial charge in [0.25, 0.3) is 0 Å². The van der Waals surface area contributed by atoms with Gasteiger partial charge >= 0.3 is 0 Å². The SMILES string of the molecule is CC(C=CC1=C(C)CCCC1(C)C)=C1C=CC(=CC=O)C1. The van der Waals surface area contributed by atoms with E-state index >= 15 is 0 Å². The number of carbonyl (C=O) groups excluding carboxylic acids is 1. The molecule has 0 saturated heterocycles.